The number of piperazine rings is 1. The van der Waals surface area contributed by atoms with Crippen molar-refractivity contribution < 1.29 is 5.11 Å². The Morgan fingerprint density at radius 1 is 1.22 bits per heavy atom. The Labute approximate surface area is 110 Å². The number of hydrogen-bond acceptors (Lipinski definition) is 3. The molecule has 1 heterocycles. The van der Waals surface area contributed by atoms with Crippen molar-refractivity contribution in [3.05, 3.63) is 35.4 Å². The average Bonchev–Trinajstić information content (AvgIpc) is 2.47. The second kappa shape index (κ2) is 6.32. The van der Waals surface area contributed by atoms with Gasteiger partial charge in [0.2, 0.25) is 0 Å². The Morgan fingerprint density at radius 3 is 2.39 bits per heavy atom. The van der Waals surface area contributed by atoms with Gasteiger partial charge in [0.05, 0.1) is 6.10 Å². The number of rotatable bonds is 4. The standard InChI is InChI=1S/C15H24N2O/c1-3-13-4-6-14(7-5-13)15(18)12(2)17-10-8-16-9-11-17/h4-7,12,15-16,18H,3,8-11H2,1-2H3. The summed E-state index contributed by atoms with van der Waals surface area (Å²) in [5, 5.41) is 13.8. The fourth-order valence-electron chi connectivity index (χ4n) is 2.52. The maximum atomic E-state index is 10.4. The van der Waals surface area contributed by atoms with Gasteiger partial charge < -0.3 is 10.4 Å². The largest absolute Gasteiger partial charge is 0.387 e. The van der Waals surface area contributed by atoms with Crippen LogP contribution in [0.4, 0.5) is 0 Å². The second-order valence-corrected chi connectivity index (χ2v) is 5.07. The Balaban J connectivity index is 2.01. The predicted molar refractivity (Wildman–Crippen MR) is 74.7 cm³/mol. The van der Waals surface area contributed by atoms with E-state index in [0.29, 0.717) is 0 Å². The first kappa shape index (κ1) is 13.5. The lowest BCUT2D eigenvalue weighted by Crippen LogP contribution is -2.49. The summed E-state index contributed by atoms with van der Waals surface area (Å²) >= 11 is 0. The van der Waals surface area contributed by atoms with Crippen molar-refractivity contribution in [1.82, 2.24) is 10.2 Å². The van der Waals surface area contributed by atoms with Crippen molar-refractivity contribution >= 4 is 0 Å². The van der Waals surface area contributed by atoms with Gasteiger partial charge in [-0.05, 0) is 24.5 Å². The van der Waals surface area contributed by atoms with Crippen LogP contribution < -0.4 is 5.32 Å². The van der Waals surface area contributed by atoms with Gasteiger partial charge in [0.15, 0.2) is 0 Å². The number of aliphatic hydroxyl groups is 1. The summed E-state index contributed by atoms with van der Waals surface area (Å²) in [6.45, 7) is 8.34. The molecule has 1 aromatic carbocycles. The molecule has 100 valence electrons. The van der Waals surface area contributed by atoms with Crippen molar-refractivity contribution in [1.29, 1.82) is 0 Å². The topological polar surface area (TPSA) is 35.5 Å². The number of aryl methyl sites for hydroxylation is 1. The van der Waals surface area contributed by atoms with Crippen LogP contribution in [0.5, 0.6) is 0 Å². The molecule has 3 heteroatoms. The molecule has 0 bridgehead atoms. The zero-order valence-electron chi connectivity index (χ0n) is 11.4. The summed E-state index contributed by atoms with van der Waals surface area (Å²) in [4.78, 5) is 2.36. The van der Waals surface area contributed by atoms with Gasteiger partial charge in [0.25, 0.3) is 0 Å². The SMILES string of the molecule is CCc1ccc(C(O)C(C)N2CCNCC2)cc1. The highest BCUT2D eigenvalue weighted by atomic mass is 16.3. The van der Waals surface area contributed by atoms with Crippen LogP contribution in [0.3, 0.4) is 0 Å². The van der Waals surface area contributed by atoms with Crippen LogP contribution >= 0.6 is 0 Å². The van der Waals surface area contributed by atoms with E-state index < -0.39 is 6.10 Å². The average molecular weight is 248 g/mol. The number of nitrogens with one attached hydrogen (secondary N) is 1. The normalized spacial score (nSPS) is 20.6. The quantitative estimate of drug-likeness (QED) is 0.849. The van der Waals surface area contributed by atoms with Crippen LogP contribution in [-0.2, 0) is 6.42 Å². The molecule has 1 aromatic rings. The molecule has 0 radical (unpaired) electrons. The molecule has 18 heavy (non-hydrogen) atoms. The minimum atomic E-state index is -0.394. The first-order valence-electron chi connectivity index (χ1n) is 6.94. The molecular formula is C15H24N2O. The van der Waals surface area contributed by atoms with Crippen molar-refractivity contribution in [2.45, 2.75) is 32.4 Å². The van der Waals surface area contributed by atoms with E-state index in [1.807, 2.05) is 0 Å². The fourth-order valence-corrected chi connectivity index (χ4v) is 2.52. The molecule has 2 N–H and O–H groups in total. The zero-order valence-corrected chi connectivity index (χ0v) is 11.4. The van der Waals surface area contributed by atoms with Crippen LogP contribution in [0.25, 0.3) is 0 Å². The number of benzene rings is 1. The fraction of sp³-hybridized carbons (Fsp3) is 0.600. The highest BCUT2D eigenvalue weighted by molar-refractivity contribution is 5.25. The first-order chi connectivity index (χ1) is 8.72. The predicted octanol–water partition coefficient (Wildman–Crippen LogP) is 1.58. The third-order valence-electron chi connectivity index (χ3n) is 3.91. The molecule has 1 fully saturated rings. The van der Waals surface area contributed by atoms with Crippen LogP contribution in [-0.4, -0.2) is 42.2 Å². The number of hydrogen-bond donors (Lipinski definition) is 2. The van der Waals surface area contributed by atoms with E-state index >= 15 is 0 Å². The van der Waals surface area contributed by atoms with Gasteiger partial charge >= 0.3 is 0 Å². The molecule has 0 aromatic heterocycles. The van der Waals surface area contributed by atoms with Crippen molar-refractivity contribution in [2.24, 2.45) is 0 Å². The molecule has 1 saturated heterocycles. The van der Waals surface area contributed by atoms with Crippen LogP contribution in [0, 0.1) is 0 Å². The monoisotopic (exact) mass is 248 g/mol. The van der Waals surface area contributed by atoms with Crippen LogP contribution in [0.15, 0.2) is 24.3 Å². The molecule has 2 unspecified atom stereocenters. The third kappa shape index (κ3) is 3.10. The van der Waals surface area contributed by atoms with E-state index in [4.69, 9.17) is 0 Å². The summed E-state index contributed by atoms with van der Waals surface area (Å²) in [5.74, 6) is 0. The Kier molecular flexibility index (Phi) is 4.75. The number of aliphatic hydroxyl groups excluding tert-OH is 1. The molecule has 0 saturated carbocycles. The maximum absolute atomic E-state index is 10.4. The van der Waals surface area contributed by atoms with E-state index in [1.165, 1.54) is 5.56 Å². The molecule has 0 amide bonds. The molecule has 0 spiro atoms. The number of nitrogens with zero attached hydrogens (tertiary/aromatic N) is 1. The van der Waals surface area contributed by atoms with E-state index in [0.717, 1.165) is 38.2 Å². The maximum Gasteiger partial charge on any atom is 0.0942 e. The van der Waals surface area contributed by atoms with E-state index in [2.05, 4.69) is 48.3 Å². The van der Waals surface area contributed by atoms with Gasteiger partial charge in [-0.3, -0.25) is 4.90 Å². The second-order valence-electron chi connectivity index (χ2n) is 5.07. The summed E-state index contributed by atoms with van der Waals surface area (Å²) in [6, 6.07) is 8.52. The summed E-state index contributed by atoms with van der Waals surface area (Å²) in [7, 11) is 0. The smallest absolute Gasteiger partial charge is 0.0942 e. The summed E-state index contributed by atoms with van der Waals surface area (Å²) in [5.41, 5.74) is 2.35. The third-order valence-corrected chi connectivity index (χ3v) is 3.91. The van der Waals surface area contributed by atoms with Crippen molar-refractivity contribution in [2.75, 3.05) is 26.2 Å². The van der Waals surface area contributed by atoms with Gasteiger partial charge in [-0.15, -0.1) is 0 Å². The van der Waals surface area contributed by atoms with Gasteiger partial charge in [-0.1, -0.05) is 31.2 Å². The minimum Gasteiger partial charge on any atom is -0.387 e. The molecular weight excluding hydrogens is 224 g/mol. The van der Waals surface area contributed by atoms with Gasteiger partial charge in [0, 0.05) is 32.2 Å². The molecule has 3 nitrogen and oxygen atoms in total. The lowest BCUT2D eigenvalue weighted by molar-refractivity contribution is 0.0510. The summed E-state index contributed by atoms with van der Waals surface area (Å²) < 4.78 is 0. The van der Waals surface area contributed by atoms with E-state index in [1.54, 1.807) is 0 Å². The summed E-state index contributed by atoms with van der Waals surface area (Å²) in [6.07, 6.45) is 0.651. The lowest BCUT2D eigenvalue weighted by atomic mass is 10.00. The van der Waals surface area contributed by atoms with Crippen LogP contribution in [0.2, 0.25) is 0 Å². The van der Waals surface area contributed by atoms with Gasteiger partial charge in [0.1, 0.15) is 0 Å². The lowest BCUT2D eigenvalue weighted by Gasteiger charge is -2.35. The van der Waals surface area contributed by atoms with Crippen molar-refractivity contribution in [3.63, 3.8) is 0 Å². The minimum absolute atomic E-state index is 0.180. The zero-order chi connectivity index (χ0) is 13.0. The molecule has 2 rings (SSSR count). The van der Waals surface area contributed by atoms with Gasteiger partial charge in [-0.25, -0.2) is 0 Å². The molecule has 0 aliphatic carbocycles. The molecule has 2 atom stereocenters. The Morgan fingerprint density at radius 2 is 1.83 bits per heavy atom. The van der Waals surface area contributed by atoms with E-state index in [-0.39, 0.29) is 6.04 Å². The first-order valence-corrected chi connectivity index (χ1v) is 6.94. The highest BCUT2D eigenvalue weighted by Crippen LogP contribution is 2.21. The molecule has 1 aliphatic rings. The Hall–Kier alpha value is -0.900. The van der Waals surface area contributed by atoms with Gasteiger partial charge in [-0.2, -0.15) is 0 Å². The van der Waals surface area contributed by atoms with Crippen molar-refractivity contribution in [3.8, 4) is 0 Å². The highest BCUT2D eigenvalue weighted by Gasteiger charge is 2.24. The van der Waals surface area contributed by atoms with E-state index in [9.17, 15) is 5.11 Å². The Bertz CT molecular complexity index is 357. The van der Waals surface area contributed by atoms with Crippen LogP contribution in [0.1, 0.15) is 31.1 Å². The molecule has 1 aliphatic heterocycles.